The molecule has 1 fully saturated rings. The Kier molecular flexibility index (Phi) is 5.02. The van der Waals surface area contributed by atoms with E-state index in [-0.39, 0.29) is 12.0 Å². The van der Waals surface area contributed by atoms with Crippen molar-refractivity contribution in [1.29, 1.82) is 0 Å². The molecule has 2 aromatic carbocycles. The van der Waals surface area contributed by atoms with E-state index < -0.39 is 11.7 Å². The summed E-state index contributed by atoms with van der Waals surface area (Å²) in [4.78, 5) is 7.19. The summed E-state index contributed by atoms with van der Waals surface area (Å²) in [5, 5.41) is 0. The second-order valence-electron chi connectivity index (χ2n) is 7.58. The minimum atomic E-state index is -4.40. The SMILES string of the molecule is COc1cc2c(cc1OC)C1CN(C)CCC1N=C2c1cccc(C(F)(F)F)c1. The molecular formula is C22H23F3N2O2. The Balaban J connectivity index is 1.90. The third-order valence-electron chi connectivity index (χ3n) is 5.75. The van der Waals surface area contributed by atoms with Gasteiger partial charge in [-0.2, -0.15) is 13.2 Å². The third-order valence-corrected chi connectivity index (χ3v) is 5.75. The molecule has 154 valence electrons. The maximum Gasteiger partial charge on any atom is 0.416 e. The largest absolute Gasteiger partial charge is 0.493 e. The van der Waals surface area contributed by atoms with Crippen LogP contribution in [-0.4, -0.2) is 51.0 Å². The number of aliphatic imine (C=N–C) groups is 1. The summed E-state index contributed by atoms with van der Waals surface area (Å²) in [6, 6.07) is 9.19. The number of rotatable bonds is 3. The monoisotopic (exact) mass is 404 g/mol. The summed E-state index contributed by atoms with van der Waals surface area (Å²) in [7, 11) is 5.20. The van der Waals surface area contributed by atoms with Crippen LogP contribution in [0.15, 0.2) is 41.4 Å². The number of ether oxygens (including phenoxy) is 2. The molecule has 2 unspecified atom stereocenters. The van der Waals surface area contributed by atoms with Crippen LogP contribution in [0.4, 0.5) is 13.2 Å². The van der Waals surface area contributed by atoms with Crippen molar-refractivity contribution in [1.82, 2.24) is 4.90 Å². The van der Waals surface area contributed by atoms with Crippen molar-refractivity contribution < 1.29 is 22.6 Å². The van der Waals surface area contributed by atoms with Gasteiger partial charge < -0.3 is 14.4 Å². The molecule has 0 spiro atoms. The van der Waals surface area contributed by atoms with Crippen LogP contribution in [0.3, 0.4) is 0 Å². The number of halogens is 3. The Morgan fingerprint density at radius 2 is 1.79 bits per heavy atom. The van der Waals surface area contributed by atoms with Crippen molar-refractivity contribution in [2.45, 2.75) is 24.6 Å². The Morgan fingerprint density at radius 3 is 2.48 bits per heavy atom. The van der Waals surface area contributed by atoms with Gasteiger partial charge in [0.25, 0.3) is 0 Å². The molecule has 2 atom stereocenters. The highest BCUT2D eigenvalue weighted by molar-refractivity contribution is 6.15. The van der Waals surface area contributed by atoms with Gasteiger partial charge in [0.1, 0.15) is 0 Å². The minimum Gasteiger partial charge on any atom is -0.493 e. The van der Waals surface area contributed by atoms with Crippen molar-refractivity contribution in [2.24, 2.45) is 4.99 Å². The van der Waals surface area contributed by atoms with Crippen molar-refractivity contribution in [2.75, 3.05) is 34.4 Å². The van der Waals surface area contributed by atoms with Gasteiger partial charge in [-0.3, -0.25) is 4.99 Å². The van der Waals surface area contributed by atoms with Gasteiger partial charge >= 0.3 is 6.18 Å². The Labute approximate surface area is 168 Å². The molecule has 0 aromatic heterocycles. The topological polar surface area (TPSA) is 34.1 Å². The van der Waals surface area contributed by atoms with Crippen molar-refractivity contribution in [3.05, 3.63) is 58.7 Å². The molecule has 0 N–H and O–H groups in total. The first kappa shape index (κ1) is 19.8. The highest BCUT2D eigenvalue weighted by Crippen LogP contribution is 2.42. The van der Waals surface area contributed by atoms with E-state index >= 15 is 0 Å². The third kappa shape index (κ3) is 3.59. The highest BCUT2D eigenvalue weighted by Gasteiger charge is 2.37. The molecule has 4 rings (SSSR count). The maximum absolute atomic E-state index is 13.3. The zero-order chi connectivity index (χ0) is 20.8. The van der Waals surface area contributed by atoms with Gasteiger partial charge in [0.05, 0.1) is 31.5 Å². The number of hydrogen-bond acceptors (Lipinski definition) is 4. The molecule has 1 saturated heterocycles. The minimum absolute atomic E-state index is 0.0290. The lowest BCUT2D eigenvalue weighted by Gasteiger charge is -2.39. The number of piperidine rings is 1. The molecule has 2 aliphatic rings. The normalized spacial score (nSPS) is 21.8. The van der Waals surface area contributed by atoms with Gasteiger partial charge in [-0.25, -0.2) is 0 Å². The zero-order valence-corrected chi connectivity index (χ0v) is 16.6. The fourth-order valence-electron chi connectivity index (χ4n) is 4.28. The van der Waals surface area contributed by atoms with Crippen LogP contribution in [0.25, 0.3) is 0 Å². The number of hydrogen-bond donors (Lipinski definition) is 0. The van der Waals surface area contributed by atoms with Crippen LogP contribution in [0.5, 0.6) is 11.5 Å². The van der Waals surface area contributed by atoms with Gasteiger partial charge in [-0.05, 0) is 49.8 Å². The van der Waals surface area contributed by atoms with Crippen LogP contribution in [-0.2, 0) is 6.18 Å². The first-order valence-electron chi connectivity index (χ1n) is 9.52. The van der Waals surface area contributed by atoms with Gasteiger partial charge in [-0.1, -0.05) is 12.1 Å². The molecule has 4 nitrogen and oxygen atoms in total. The Bertz CT molecular complexity index is 956. The van der Waals surface area contributed by atoms with Crippen molar-refractivity contribution in [3.63, 3.8) is 0 Å². The van der Waals surface area contributed by atoms with Gasteiger partial charge in [0, 0.05) is 23.6 Å². The molecule has 2 heterocycles. The summed E-state index contributed by atoms with van der Waals surface area (Å²) < 4.78 is 50.8. The van der Waals surface area contributed by atoms with Gasteiger partial charge in [0.15, 0.2) is 11.5 Å². The number of likely N-dealkylation sites (tertiary alicyclic amines) is 1. The van der Waals surface area contributed by atoms with E-state index in [0.717, 1.165) is 36.7 Å². The quantitative estimate of drug-likeness (QED) is 0.762. The lowest BCUT2D eigenvalue weighted by Crippen LogP contribution is -2.41. The van der Waals surface area contributed by atoms with E-state index in [4.69, 9.17) is 14.5 Å². The first-order chi connectivity index (χ1) is 13.8. The van der Waals surface area contributed by atoms with Crippen molar-refractivity contribution in [3.8, 4) is 11.5 Å². The number of fused-ring (bicyclic) bond motifs is 3. The zero-order valence-electron chi connectivity index (χ0n) is 16.6. The number of likely N-dealkylation sites (N-methyl/N-ethyl adjacent to an activating group) is 1. The summed E-state index contributed by atoms with van der Waals surface area (Å²) in [5.74, 6) is 1.31. The summed E-state index contributed by atoms with van der Waals surface area (Å²) >= 11 is 0. The van der Waals surface area contributed by atoms with E-state index in [1.165, 1.54) is 12.1 Å². The van der Waals surface area contributed by atoms with Crippen LogP contribution < -0.4 is 9.47 Å². The number of methoxy groups -OCH3 is 2. The number of benzene rings is 2. The molecular weight excluding hydrogens is 381 g/mol. The van der Waals surface area contributed by atoms with Crippen LogP contribution >= 0.6 is 0 Å². The second-order valence-corrected chi connectivity index (χ2v) is 7.58. The van der Waals surface area contributed by atoms with Crippen LogP contribution in [0.2, 0.25) is 0 Å². The highest BCUT2D eigenvalue weighted by atomic mass is 19.4. The van der Waals surface area contributed by atoms with Crippen LogP contribution in [0, 0.1) is 0 Å². The van der Waals surface area contributed by atoms with E-state index in [0.29, 0.717) is 22.8 Å². The summed E-state index contributed by atoms with van der Waals surface area (Å²) in [5.41, 5.74) is 2.22. The molecule has 0 saturated carbocycles. The molecule has 0 radical (unpaired) electrons. The van der Waals surface area contributed by atoms with E-state index in [1.54, 1.807) is 20.3 Å². The Hall–Kier alpha value is -2.54. The standard InChI is InChI=1S/C22H23F3N2O2/c1-27-8-7-18-17(12-27)15-10-19(28-2)20(29-3)11-16(15)21(26-18)13-5-4-6-14(9-13)22(23,24)25/h4-6,9-11,17-18H,7-8,12H2,1-3H3. The molecule has 0 amide bonds. The maximum atomic E-state index is 13.3. The Morgan fingerprint density at radius 1 is 1.07 bits per heavy atom. The summed E-state index contributed by atoms with van der Waals surface area (Å²) in [6.07, 6.45) is -3.54. The lowest BCUT2D eigenvalue weighted by molar-refractivity contribution is -0.137. The molecule has 7 heteroatoms. The van der Waals surface area contributed by atoms with Gasteiger partial charge in [-0.15, -0.1) is 0 Å². The molecule has 2 aliphatic heterocycles. The van der Waals surface area contributed by atoms with E-state index in [2.05, 4.69) is 11.9 Å². The van der Waals surface area contributed by atoms with E-state index in [9.17, 15) is 13.2 Å². The average molecular weight is 404 g/mol. The van der Waals surface area contributed by atoms with Crippen LogP contribution in [0.1, 0.15) is 34.6 Å². The van der Waals surface area contributed by atoms with E-state index in [1.807, 2.05) is 12.1 Å². The molecule has 0 bridgehead atoms. The molecule has 2 aromatic rings. The lowest BCUT2D eigenvalue weighted by atomic mass is 9.79. The second kappa shape index (κ2) is 7.37. The predicted octanol–water partition coefficient (Wildman–Crippen LogP) is 4.36. The molecule has 29 heavy (non-hydrogen) atoms. The van der Waals surface area contributed by atoms with Crippen molar-refractivity contribution >= 4 is 5.71 Å². The first-order valence-corrected chi connectivity index (χ1v) is 9.52. The predicted molar refractivity (Wildman–Crippen MR) is 105 cm³/mol. The molecule has 0 aliphatic carbocycles. The smallest absolute Gasteiger partial charge is 0.416 e. The average Bonchev–Trinajstić information content (AvgIpc) is 2.71. The number of alkyl halides is 3. The summed E-state index contributed by atoms with van der Waals surface area (Å²) in [6.45, 7) is 1.75. The fourth-order valence-corrected chi connectivity index (χ4v) is 4.28. The fraction of sp³-hybridized carbons (Fsp3) is 0.409. The number of nitrogens with zero attached hydrogens (tertiary/aromatic N) is 2. The van der Waals surface area contributed by atoms with Gasteiger partial charge in [0.2, 0.25) is 0 Å².